The van der Waals surface area contributed by atoms with Crippen molar-refractivity contribution in [3.8, 4) is 0 Å². The van der Waals surface area contributed by atoms with Gasteiger partial charge in [0.1, 0.15) is 16.3 Å². The summed E-state index contributed by atoms with van der Waals surface area (Å²) in [5.41, 5.74) is 0.494. The van der Waals surface area contributed by atoms with Crippen molar-refractivity contribution in [3.63, 3.8) is 0 Å². The lowest BCUT2D eigenvalue weighted by atomic mass is 10.1. The molecule has 104 valence electrons. The van der Waals surface area contributed by atoms with Crippen LogP contribution in [0.4, 0.5) is 0 Å². The molecule has 2 heterocycles. The summed E-state index contributed by atoms with van der Waals surface area (Å²) in [5, 5.41) is 1.18. The molecule has 0 spiro atoms. The first-order valence-corrected chi connectivity index (χ1v) is 6.61. The Kier molecular flexibility index (Phi) is 3.46. The first kappa shape index (κ1) is 13.4. The van der Waals surface area contributed by atoms with Crippen LogP contribution in [0.3, 0.4) is 0 Å². The topological polar surface area (TPSA) is 63.1 Å². The maximum absolute atomic E-state index is 12.1. The molecule has 0 fully saturated rings. The van der Waals surface area contributed by atoms with Gasteiger partial charge >= 0.3 is 5.63 Å². The molecular formula is C16H10ClNO3. The Morgan fingerprint density at radius 1 is 1.19 bits per heavy atom. The largest absolute Gasteiger partial charge is 0.422 e. The predicted molar refractivity (Wildman–Crippen MR) is 81.7 cm³/mol. The molecule has 4 nitrogen and oxygen atoms in total. The zero-order valence-electron chi connectivity index (χ0n) is 10.8. The van der Waals surface area contributed by atoms with Crippen molar-refractivity contribution in [3.05, 3.63) is 75.4 Å². The Balaban J connectivity index is 1.96. The molecule has 1 aromatic carbocycles. The van der Waals surface area contributed by atoms with Gasteiger partial charge in [-0.2, -0.15) is 0 Å². The van der Waals surface area contributed by atoms with Crippen molar-refractivity contribution in [2.75, 3.05) is 0 Å². The number of fused-ring (bicyclic) bond motifs is 1. The SMILES string of the molecule is O=C(/C=C/c1ccc(Cl)[nH]1)c1cc2ccccc2oc1=O. The van der Waals surface area contributed by atoms with E-state index in [0.717, 1.165) is 0 Å². The molecule has 0 saturated carbocycles. The van der Waals surface area contributed by atoms with E-state index in [-0.39, 0.29) is 5.56 Å². The monoisotopic (exact) mass is 299 g/mol. The summed E-state index contributed by atoms with van der Waals surface area (Å²) in [6.45, 7) is 0. The minimum Gasteiger partial charge on any atom is -0.422 e. The van der Waals surface area contributed by atoms with Crippen molar-refractivity contribution in [1.29, 1.82) is 0 Å². The Labute approximate surface area is 124 Å². The van der Waals surface area contributed by atoms with Gasteiger partial charge in [-0.1, -0.05) is 29.8 Å². The van der Waals surface area contributed by atoms with Crippen molar-refractivity contribution in [2.24, 2.45) is 0 Å². The van der Waals surface area contributed by atoms with Crippen LogP contribution in [-0.4, -0.2) is 10.8 Å². The van der Waals surface area contributed by atoms with E-state index in [0.29, 0.717) is 21.8 Å². The van der Waals surface area contributed by atoms with E-state index in [1.54, 1.807) is 36.4 Å². The fraction of sp³-hybridized carbons (Fsp3) is 0. The molecule has 3 aromatic rings. The average molecular weight is 300 g/mol. The molecule has 0 aliphatic heterocycles. The van der Waals surface area contributed by atoms with Gasteiger partial charge in [-0.25, -0.2) is 4.79 Å². The zero-order valence-corrected chi connectivity index (χ0v) is 11.6. The minimum atomic E-state index is -0.645. The molecule has 21 heavy (non-hydrogen) atoms. The highest BCUT2D eigenvalue weighted by Crippen LogP contribution is 2.14. The van der Waals surface area contributed by atoms with Gasteiger partial charge in [-0.3, -0.25) is 4.79 Å². The third-order valence-electron chi connectivity index (χ3n) is 2.99. The summed E-state index contributed by atoms with van der Waals surface area (Å²) >= 11 is 5.74. The van der Waals surface area contributed by atoms with Crippen LogP contribution < -0.4 is 5.63 Å². The molecule has 0 amide bonds. The van der Waals surface area contributed by atoms with Crippen LogP contribution in [0.1, 0.15) is 16.1 Å². The van der Waals surface area contributed by atoms with E-state index < -0.39 is 11.4 Å². The van der Waals surface area contributed by atoms with Gasteiger partial charge in [0, 0.05) is 11.1 Å². The van der Waals surface area contributed by atoms with E-state index in [9.17, 15) is 9.59 Å². The summed E-state index contributed by atoms with van der Waals surface area (Å²) in [4.78, 5) is 26.8. The zero-order chi connectivity index (χ0) is 14.8. The Morgan fingerprint density at radius 2 is 2.00 bits per heavy atom. The van der Waals surface area contributed by atoms with Gasteiger partial charge in [-0.15, -0.1) is 0 Å². The molecule has 0 atom stereocenters. The van der Waals surface area contributed by atoms with E-state index in [1.165, 1.54) is 12.1 Å². The van der Waals surface area contributed by atoms with E-state index in [2.05, 4.69) is 4.98 Å². The van der Waals surface area contributed by atoms with Crippen molar-refractivity contribution in [2.45, 2.75) is 0 Å². The van der Waals surface area contributed by atoms with Crippen LogP contribution in [0.5, 0.6) is 0 Å². The predicted octanol–water partition coefficient (Wildman–Crippen LogP) is 3.67. The van der Waals surface area contributed by atoms with Gasteiger partial charge in [0.2, 0.25) is 0 Å². The van der Waals surface area contributed by atoms with Crippen LogP contribution in [0.2, 0.25) is 5.15 Å². The van der Waals surface area contributed by atoms with Gasteiger partial charge in [-0.05, 0) is 36.4 Å². The summed E-state index contributed by atoms with van der Waals surface area (Å²) < 4.78 is 5.13. The molecule has 0 aliphatic carbocycles. The molecule has 3 rings (SSSR count). The number of nitrogens with one attached hydrogen (secondary N) is 1. The van der Waals surface area contributed by atoms with Gasteiger partial charge in [0.25, 0.3) is 0 Å². The first-order chi connectivity index (χ1) is 10.1. The molecule has 1 N–H and O–H groups in total. The van der Waals surface area contributed by atoms with Crippen molar-refractivity contribution in [1.82, 2.24) is 4.98 Å². The molecule has 0 unspecified atom stereocenters. The summed E-state index contributed by atoms with van der Waals surface area (Å²) in [5.74, 6) is -0.416. The highest BCUT2D eigenvalue weighted by Gasteiger charge is 2.10. The number of halogens is 1. The molecule has 2 aromatic heterocycles. The summed E-state index contributed by atoms with van der Waals surface area (Å²) in [6, 6.07) is 12.0. The number of carbonyl (C=O) groups is 1. The number of para-hydroxylation sites is 1. The fourth-order valence-corrected chi connectivity index (χ4v) is 2.14. The van der Waals surface area contributed by atoms with Crippen LogP contribution in [0.25, 0.3) is 17.0 Å². The number of benzene rings is 1. The van der Waals surface area contributed by atoms with Gasteiger partial charge in [0.15, 0.2) is 5.78 Å². The standard InChI is InChI=1S/C16H10ClNO3/c17-15-8-6-11(18-15)5-7-13(19)12-9-10-3-1-2-4-14(10)21-16(12)20/h1-9,18H/b7-5+. The van der Waals surface area contributed by atoms with E-state index in [1.807, 2.05) is 6.07 Å². The van der Waals surface area contributed by atoms with Crippen LogP contribution in [-0.2, 0) is 0 Å². The van der Waals surface area contributed by atoms with E-state index >= 15 is 0 Å². The van der Waals surface area contributed by atoms with Crippen LogP contribution >= 0.6 is 11.6 Å². The number of allylic oxidation sites excluding steroid dienone is 1. The smallest absolute Gasteiger partial charge is 0.347 e. The van der Waals surface area contributed by atoms with Crippen molar-refractivity contribution < 1.29 is 9.21 Å². The minimum absolute atomic E-state index is 0.00241. The number of aromatic nitrogens is 1. The normalized spacial score (nSPS) is 11.3. The summed E-state index contributed by atoms with van der Waals surface area (Å²) in [6.07, 6.45) is 2.87. The number of rotatable bonds is 3. The molecule has 0 radical (unpaired) electrons. The van der Waals surface area contributed by atoms with Gasteiger partial charge in [0.05, 0.1) is 0 Å². The average Bonchev–Trinajstić information content (AvgIpc) is 2.89. The highest BCUT2D eigenvalue weighted by atomic mass is 35.5. The molecule has 0 aliphatic rings. The van der Waals surface area contributed by atoms with Crippen LogP contribution in [0.15, 0.2) is 57.8 Å². The maximum atomic E-state index is 12.1. The number of hydrogen-bond donors (Lipinski definition) is 1. The quantitative estimate of drug-likeness (QED) is 0.456. The maximum Gasteiger partial charge on any atom is 0.347 e. The number of H-pyrrole nitrogens is 1. The summed E-state index contributed by atoms with van der Waals surface area (Å²) in [7, 11) is 0. The number of ketones is 1. The highest BCUT2D eigenvalue weighted by molar-refractivity contribution is 6.29. The second-order valence-corrected chi connectivity index (χ2v) is 4.85. The third kappa shape index (κ3) is 2.80. The Bertz CT molecular complexity index is 905. The second kappa shape index (κ2) is 5.42. The molecular weight excluding hydrogens is 290 g/mol. The van der Waals surface area contributed by atoms with Crippen LogP contribution in [0, 0.1) is 0 Å². The number of carbonyl (C=O) groups excluding carboxylic acids is 1. The van der Waals surface area contributed by atoms with Gasteiger partial charge < -0.3 is 9.40 Å². The molecule has 0 saturated heterocycles. The number of hydrogen-bond acceptors (Lipinski definition) is 3. The Hall–Kier alpha value is -2.59. The lowest BCUT2D eigenvalue weighted by Gasteiger charge is -1.98. The first-order valence-electron chi connectivity index (χ1n) is 6.23. The fourth-order valence-electron chi connectivity index (χ4n) is 1.97. The lowest BCUT2D eigenvalue weighted by molar-refractivity contribution is 0.104. The Morgan fingerprint density at radius 3 is 2.76 bits per heavy atom. The van der Waals surface area contributed by atoms with Crippen molar-refractivity contribution >= 4 is 34.4 Å². The number of aromatic amines is 1. The second-order valence-electron chi connectivity index (χ2n) is 4.44. The van der Waals surface area contributed by atoms with E-state index in [4.69, 9.17) is 16.0 Å². The molecule has 0 bridgehead atoms. The molecule has 5 heteroatoms. The third-order valence-corrected chi connectivity index (χ3v) is 3.21. The lowest BCUT2D eigenvalue weighted by Crippen LogP contribution is -2.11.